The van der Waals surface area contributed by atoms with Gasteiger partial charge in [0.05, 0.1) is 23.6 Å². The second kappa shape index (κ2) is 11.3. The molecule has 2 amide bonds. The van der Waals surface area contributed by atoms with Gasteiger partial charge in [-0.25, -0.2) is 20.4 Å². The van der Waals surface area contributed by atoms with Gasteiger partial charge in [-0.1, -0.05) is 36.4 Å². The fourth-order valence-electron chi connectivity index (χ4n) is 3.31. The van der Waals surface area contributed by atoms with E-state index in [1.54, 1.807) is 48.5 Å². The SMILES string of the molecule is O=C(N/N=C\c1ccc(-c2ccccc2C(=O)O)o1)C(=O)N/N=C\c1ccc(-c2ccccc2C(=O)O)o1. The lowest BCUT2D eigenvalue weighted by Gasteiger charge is -2.02. The summed E-state index contributed by atoms with van der Waals surface area (Å²) < 4.78 is 11.1. The molecule has 12 nitrogen and oxygen atoms in total. The van der Waals surface area contributed by atoms with Gasteiger partial charge >= 0.3 is 23.8 Å². The van der Waals surface area contributed by atoms with Crippen molar-refractivity contribution in [2.24, 2.45) is 10.2 Å². The molecule has 12 heteroatoms. The van der Waals surface area contributed by atoms with Crippen LogP contribution in [-0.2, 0) is 9.59 Å². The molecule has 0 atom stereocenters. The molecule has 4 rings (SSSR count). The Bertz CT molecular complexity index is 1460. The van der Waals surface area contributed by atoms with E-state index in [2.05, 4.69) is 10.2 Å². The van der Waals surface area contributed by atoms with Crippen molar-refractivity contribution in [3.63, 3.8) is 0 Å². The lowest BCUT2D eigenvalue weighted by Crippen LogP contribution is -2.35. The predicted molar refractivity (Wildman–Crippen MR) is 134 cm³/mol. The van der Waals surface area contributed by atoms with Gasteiger partial charge in [-0.15, -0.1) is 0 Å². The summed E-state index contributed by atoms with van der Waals surface area (Å²) in [7, 11) is 0. The molecule has 0 saturated heterocycles. The summed E-state index contributed by atoms with van der Waals surface area (Å²) in [5, 5.41) is 25.9. The van der Waals surface area contributed by atoms with Crippen molar-refractivity contribution < 1.29 is 38.2 Å². The first kappa shape index (κ1) is 25.3. The van der Waals surface area contributed by atoms with Crippen LogP contribution in [-0.4, -0.2) is 46.4 Å². The zero-order chi connectivity index (χ0) is 27.1. The van der Waals surface area contributed by atoms with Gasteiger partial charge in [0, 0.05) is 11.1 Å². The van der Waals surface area contributed by atoms with Crippen molar-refractivity contribution in [2.45, 2.75) is 0 Å². The minimum absolute atomic E-state index is 0.0618. The summed E-state index contributed by atoms with van der Waals surface area (Å²) in [6.45, 7) is 0. The van der Waals surface area contributed by atoms with Gasteiger partial charge in [0.2, 0.25) is 0 Å². The number of nitrogens with one attached hydrogen (secondary N) is 2. The zero-order valence-corrected chi connectivity index (χ0v) is 19.3. The Hall–Kier alpha value is -5.78. The summed E-state index contributed by atoms with van der Waals surface area (Å²) in [6, 6.07) is 18.7. The summed E-state index contributed by atoms with van der Waals surface area (Å²) in [5.74, 6) is -3.46. The van der Waals surface area contributed by atoms with Crippen LogP contribution in [0.3, 0.4) is 0 Å². The molecule has 0 bridgehead atoms. The van der Waals surface area contributed by atoms with E-state index in [0.717, 1.165) is 12.4 Å². The first-order valence-corrected chi connectivity index (χ1v) is 10.8. The van der Waals surface area contributed by atoms with Crippen molar-refractivity contribution in [2.75, 3.05) is 0 Å². The Morgan fingerprint density at radius 2 is 1.00 bits per heavy atom. The van der Waals surface area contributed by atoms with Crippen molar-refractivity contribution in [1.82, 2.24) is 10.9 Å². The highest BCUT2D eigenvalue weighted by molar-refractivity contribution is 6.35. The number of aromatic carboxylic acids is 2. The molecule has 0 radical (unpaired) electrons. The Kier molecular flexibility index (Phi) is 7.53. The van der Waals surface area contributed by atoms with Gasteiger partial charge < -0.3 is 19.0 Å². The van der Waals surface area contributed by atoms with Crippen LogP contribution in [0.5, 0.6) is 0 Å². The Morgan fingerprint density at radius 3 is 1.39 bits per heavy atom. The van der Waals surface area contributed by atoms with E-state index in [-0.39, 0.29) is 34.2 Å². The zero-order valence-electron chi connectivity index (χ0n) is 19.3. The van der Waals surface area contributed by atoms with E-state index in [0.29, 0.717) is 11.1 Å². The van der Waals surface area contributed by atoms with E-state index in [1.807, 2.05) is 10.9 Å². The second-order valence-electron chi connectivity index (χ2n) is 7.50. The second-order valence-corrected chi connectivity index (χ2v) is 7.50. The Labute approximate surface area is 213 Å². The monoisotopic (exact) mass is 514 g/mol. The largest absolute Gasteiger partial charge is 0.478 e. The maximum absolute atomic E-state index is 11.9. The minimum Gasteiger partial charge on any atom is -0.478 e. The summed E-state index contributed by atoms with van der Waals surface area (Å²) >= 11 is 0. The Morgan fingerprint density at radius 1 is 0.605 bits per heavy atom. The van der Waals surface area contributed by atoms with Gasteiger partial charge in [0.15, 0.2) is 0 Å². The van der Waals surface area contributed by atoms with Gasteiger partial charge in [-0.3, -0.25) is 9.59 Å². The van der Waals surface area contributed by atoms with Gasteiger partial charge in [-0.2, -0.15) is 10.2 Å². The number of hydrogen-bond acceptors (Lipinski definition) is 8. The molecular formula is C26H18N4O8. The summed E-state index contributed by atoms with van der Waals surface area (Å²) in [5.41, 5.74) is 4.89. The highest BCUT2D eigenvalue weighted by atomic mass is 16.4. The number of furan rings is 2. The van der Waals surface area contributed by atoms with E-state index < -0.39 is 23.8 Å². The number of carboxylic acid groups (broad SMARTS) is 2. The van der Waals surface area contributed by atoms with Gasteiger partial charge in [0.1, 0.15) is 23.0 Å². The molecule has 2 aromatic carbocycles. The molecule has 0 unspecified atom stereocenters. The van der Waals surface area contributed by atoms with Crippen molar-refractivity contribution in [3.8, 4) is 22.6 Å². The fourth-order valence-corrected chi connectivity index (χ4v) is 3.31. The average molecular weight is 514 g/mol. The normalized spacial score (nSPS) is 11.1. The molecule has 4 N–H and O–H groups in total. The van der Waals surface area contributed by atoms with Crippen LogP contribution in [0.25, 0.3) is 22.6 Å². The molecule has 38 heavy (non-hydrogen) atoms. The third-order valence-electron chi connectivity index (χ3n) is 5.02. The smallest absolute Gasteiger partial charge is 0.336 e. The molecular weight excluding hydrogens is 496 g/mol. The number of carboxylic acids is 2. The molecule has 2 heterocycles. The maximum atomic E-state index is 11.9. The number of amides is 2. The third kappa shape index (κ3) is 5.88. The molecule has 4 aromatic rings. The third-order valence-corrected chi connectivity index (χ3v) is 5.02. The van der Waals surface area contributed by atoms with Crippen LogP contribution >= 0.6 is 0 Å². The van der Waals surface area contributed by atoms with Crippen LogP contribution in [0.1, 0.15) is 32.2 Å². The molecule has 0 aliphatic heterocycles. The Balaban J connectivity index is 1.31. The van der Waals surface area contributed by atoms with Crippen molar-refractivity contribution in [1.29, 1.82) is 0 Å². The maximum Gasteiger partial charge on any atom is 0.336 e. The van der Waals surface area contributed by atoms with E-state index >= 15 is 0 Å². The topological polar surface area (TPSA) is 184 Å². The van der Waals surface area contributed by atoms with Crippen LogP contribution < -0.4 is 10.9 Å². The predicted octanol–water partition coefficient (Wildman–Crippen LogP) is 3.20. The lowest BCUT2D eigenvalue weighted by atomic mass is 10.1. The standard InChI is InChI=1S/C26H18N4O8/c31-23(29-27-13-15-9-11-21(37-15)17-5-1-3-7-19(17)25(33)34)24(32)30-28-14-16-10-12-22(38-16)18-6-2-4-8-20(18)26(35)36/h1-14H,(H,29,31)(H,30,32)(H,33,34)(H,35,36)/b27-13-,28-14-. The van der Waals surface area contributed by atoms with E-state index in [1.165, 1.54) is 24.3 Å². The van der Waals surface area contributed by atoms with Crippen LogP contribution in [0.4, 0.5) is 0 Å². The number of benzene rings is 2. The summed E-state index contributed by atoms with van der Waals surface area (Å²) in [6.07, 6.45) is 2.28. The molecule has 190 valence electrons. The highest BCUT2D eigenvalue weighted by Crippen LogP contribution is 2.26. The van der Waals surface area contributed by atoms with Crippen LogP contribution in [0, 0.1) is 0 Å². The summed E-state index contributed by atoms with van der Waals surface area (Å²) in [4.78, 5) is 46.6. The number of rotatable bonds is 8. The molecule has 0 spiro atoms. The number of carbonyl (C=O) groups is 4. The average Bonchev–Trinajstić information content (AvgIpc) is 3.58. The number of nitrogens with zero attached hydrogens (tertiary/aromatic N) is 2. The molecule has 0 saturated carbocycles. The molecule has 0 fully saturated rings. The number of carbonyl (C=O) groups excluding carboxylic acids is 2. The van der Waals surface area contributed by atoms with Gasteiger partial charge in [0.25, 0.3) is 0 Å². The number of hydrogen-bond donors (Lipinski definition) is 4. The quantitative estimate of drug-likeness (QED) is 0.157. The van der Waals surface area contributed by atoms with Crippen LogP contribution in [0.2, 0.25) is 0 Å². The van der Waals surface area contributed by atoms with Gasteiger partial charge in [-0.05, 0) is 36.4 Å². The minimum atomic E-state index is -1.11. The van der Waals surface area contributed by atoms with E-state index in [4.69, 9.17) is 8.83 Å². The van der Waals surface area contributed by atoms with Crippen LogP contribution in [0.15, 0.2) is 91.8 Å². The molecule has 0 aliphatic carbocycles. The number of hydrazone groups is 2. The molecule has 0 aliphatic rings. The first-order valence-electron chi connectivity index (χ1n) is 10.8. The van der Waals surface area contributed by atoms with Crippen molar-refractivity contribution in [3.05, 3.63) is 95.4 Å². The fraction of sp³-hybridized carbons (Fsp3) is 0. The van der Waals surface area contributed by atoms with Crippen molar-refractivity contribution >= 4 is 36.2 Å². The van der Waals surface area contributed by atoms with E-state index in [9.17, 15) is 29.4 Å². The molecule has 2 aromatic heterocycles. The highest BCUT2D eigenvalue weighted by Gasteiger charge is 2.15. The first-order chi connectivity index (χ1) is 18.3. The lowest BCUT2D eigenvalue weighted by molar-refractivity contribution is -0.139.